The molecule has 0 unspecified atom stereocenters. The maximum Gasteiger partial charge on any atom is 0.145 e. The van der Waals surface area contributed by atoms with E-state index in [0.29, 0.717) is 0 Å². The van der Waals surface area contributed by atoms with Gasteiger partial charge in [0.2, 0.25) is 0 Å². The van der Waals surface area contributed by atoms with Crippen LogP contribution in [0.1, 0.15) is 22.3 Å². The molecular formula is C58H38N4. The summed E-state index contributed by atoms with van der Waals surface area (Å²) in [6, 6.07) is 82.2. The smallest absolute Gasteiger partial charge is 0.145 e. The molecule has 62 heavy (non-hydrogen) atoms. The normalized spacial score (nSPS) is 12.6. The second-order valence-electron chi connectivity index (χ2n) is 16.0. The first-order chi connectivity index (χ1) is 30.7. The first-order valence-corrected chi connectivity index (χ1v) is 21.1. The van der Waals surface area contributed by atoms with Crippen molar-refractivity contribution in [2.75, 3.05) is 0 Å². The second-order valence-corrected chi connectivity index (χ2v) is 16.0. The molecule has 0 saturated carbocycles. The molecule has 0 amide bonds. The quantitative estimate of drug-likeness (QED) is 0.161. The van der Waals surface area contributed by atoms with Crippen molar-refractivity contribution in [3.63, 3.8) is 0 Å². The molecule has 4 heteroatoms. The lowest BCUT2D eigenvalue weighted by molar-refractivity contribution is 0.769. The molecule has 11 aromatic rings. The van der Waals surface area contributed by atoms with Crippen LogP contribution in [0.15, 0.2) is 231 Å². The third kappa shape index (κ3) is 5.65. The monoisotopic (exact) mass is 790 g/mol. The molecule has 0 N–H and O–H groups in total. The van der Waals surface area contributed by atoms with Gasteiger partial charge in [0.25, 0.3) is 0 Å². The van der Waals surface area contributed by atoms with Crippen LogP contribution in [0.4, 0.5) is 0 Å². The number of rotatable bonds is 7. The van der Waals surface area contributed by atoms with E-state index >= 15 is 0 Å². The Morgan fingerprint density at radius 3 is 1.39 bits per heavy atom. The molecular weight excluding hydrogens is 753 g/mol. The summed E-state index contributed by atoms with van der Waals surface area (Å²) in [5.74, 6) is 0.919. The Hall–Kier alpha value is -8.21. The van der Waals surface area contributed by atoms with Gasteiger partial charge in [0.15, 0.2) is 0 Å². The third-order valence-electron chi connectivity index (χ3n) is 12.5. The van der Waals surface area contributed by atoms with Crippen LogP contribution < -0.4 is 0 Å². The average molecular weight is 791 g/mol. The highest BCUT2D eigenvalue weighted by Gasteiger charge is 2.46. The predicted octanol–water partition coefficient (Wildman–Crippen LogP) is 14.0. The van der Waals surface area contributed by atoms with E-state index < -0.39 is 5.41 Å². The molecule has 2 heterocycles. The fraction of sp³-hybridized carbons (Fsp3) is 0.0172. The molecule has 4 nitrogen and oxygen atoms in total. The van der Waals surface area contributed by atoms with Crippen LogP contribution in [0.3, 0.4) is 0 Å². The number of imidazole rings is 1. The van der Waals surface area contributed by atoms with Crippen LogP contribution in [0.25, 0.3) is 83.9 Å². The minimum Gasteiger partial charge on any atom is -0.292 e. The maximum absolute atomic E-state index is 5.34. The summed E-state index contributed by atoms with van der Waals surface area (Å²) in [6.07, 6.45) is 0. The van der Waals surface area contributed by atoms with Gasteiger partial charge in [0, 0.05) is 22.4 Å². The Bertz CT molecular complexity index is 3390. The molecule has 0 bridgehead atoms. The number of hydrogen-bond donors (Lipinski definition) is 0. The molecule has 290 valence electrons. The summed E-state index contributed by atoms with van der Waals surface area (Å²) in [6.45, 7) is 0. The molecule has 1 aliphatic rings. The topological polar surface area (TPSA) is 43.6 Å². The fourth-order valence-electron chi connectivity index (χ4n) is 9.68. The van der Waals surface area contributed by atoms with E-state index in [2.05, 4.69) is 211 Å². The summed E-state index contributed by atoms with van der Waals surface area (Å²) in [7, 11) is 0. The molecule has 1 aliphatic carbocycles. The molecule has 0 aliphatic heterocycles. The molecule has 0 radical (unpaired) electrons. The van der Waals surface area contributed by atoms with Gasteiger partial charge in [-0.05, 0) is 93.0 Å². The Balaban J connectivity index is 1.04. The van der Waals surface area contributed by atoms with Crippen LogP contribution in [0.5, 0.6) is 0 Å². The molecule has 12 rings (SSSR count). The lowest BCUT2D eigenvalue weighted by Gasteiger charge is -2.34. The molecule has 0 fully saturated rings. The van der Waals surface area contributed by atoms with Crippen LogP contribution in [0, 0.1) is 0 Å². The predicted molar refractivity (Wildman–Crippen MR) is 253 cm³/mol. The van der Waals surface area contributed by atoms with Crippen LogP contribution in [-0.4, -0.2) is 19.5 Å². The molecule has 2 aromatic heterocycles. The fourth-order valence-corrected chi connectivity index (χ4v) is 9.68. The highest BCUT2D eigenvalue weighted by atomic mass is 15.1. The molecule has 9 aromatic carbocycles. The second kappa shape index (κ2) is 14.5. The third-order valence-corrected chi connectivity index (χ3v) is 12.5. The van der Waals surface area contributed by atoms with Gasteiger partial charge in [-0.25, -0.2) is 15.0 Å². The summed E-state index contributed by atoms with van der Waals surface area (Å²) in [5.41, 5.74) is 18.8. The van der Waals surface area contributed by atoms with Crippen molar-refractivity contribution in [3.8, 4) is 61.8 Å². The number of para-hydroxylation sites is 5. The van der Waals surface area contributed by atoms with E-state index in [1.54, 1.807) is 0 Å². The van der Waals surface area contributed by atoms with E-state index in [1.165, 1.54) is 33.4 Å². The van der Waals surface area contributed by atoms with Gasteiger partial charge in [-0.3, -0.25) is 4.57 Å². The van der Waals surface area contributed by atoms with Crippen molar-refractivity contribution >= 4 is 22.1 Å². The Morgan fingerprint density at radius 2 is 0.774 bits per heavy atom. The number of aromatic nitrogens is 4. The highest BCUT2D eigenvalue weighted by Crippen LogP contribution is 2.57. The van der Waals surface area contributed by atoms with Gasteiger partial charge in [0.1, 0.15) is 5.82 Å². The number of fused-ring (bicyclic) bond motifs is 5. The lowest BCUT2D eigenvalue weighted by atomic mass is 9.67. The minimum absolute atomic E-state index is 0.614. The summed E-state index contributed by atoms with van der Waals surface area (Å²) < 4.78 is 2.26. The number of nitrogens with zero attached hydrogens (tertiary/aromatic N) is 4. The molecule has 0 saturated heterocycles. The largest absolute Gasteiger partial charge is 0.292 e. The van der Waals surface area contributed by atoms with Gasteiger partial charge in [-0.2, -0.15) is 0 Å². The van der Waals surface area contributed by atoms with Crippen LogP contribution in [-0.2, 0) is 5.41 Å². The first-order valence-electron chi connectivity index (χ1n) is 21.1. The Kier molecular flexibility index (Phi) is 8.36. The van der Waals surface area contributed by atoms with E-state index in [-0.39, 0.29) is 0 Å². The van der Waals surface area contributed by atoms with Crippen molar-refractivity contribution in [1.82, 2.24) is 19.5 Å². The maximum atomic E-state index is 5.34. The van der Waals surface area contributed by atoms with Crippen molar-refractivity contribution < 1.29 is 0 Å². The zero-order valence-electron chi connectivity index (χ0n) is 33.7. The van der Waals surface area contributed by atoms with Gasteiger partial charge in [-0.15, -0.1) is 0 Å². The van der Waals surface area contributed by atoms with Crippen LogP contribution >= 0.6 is 0 Å². The number of hydrogen-bond acceptors (Lipinski definition) is 3. The first kappa shape index (κ1) is 35.7. The van der Waals surface area contributed by atoms with Crippen molar-refractivity contribution in [1.29, 1.82) is 0 Å². The van der Waals surface area contributed by atoms with Crippen molar-refractivity contribution in [3.05, 3.63) is 253 Å². The summed E-state index contributed by atoms with van der Waals surface area (Å²) in [4.78, 5) is 15.7. The van der Waals surface area contributed by atoms with Crippen LogP contribution in [0.2, 0.25) is 0 Å². The number of benzene rings is 9. The van der Waals surface area contributed by atoms with Crippen molar-refractivity contribution in [2.45, 2.75) is 5.41 Å². The lowest BCUT2D eigenvalue weighted by Crippen LogP contribution is -2.28. The van der Waals surface area contributed by atoms with E-state index in [4.69, 9.17) is 15.0 Å². The zero-order chi connectivity index (χ0) is 41.0. The van der Waals surface area contributed by atoms with Gasteiger partial charge in [0.05, 0.1) is 38.9 Å². The SMILES string of the molecule is c1ccc(-c2nc3ccccc3nc2-c2ccc3c(c2)C(c2ccccc2)(c2ccccc2)c2cc(-c4ccc(-c5nc6ccccc6n5-c5ccccc5)cc4)ccc2-3)cc1. The minimum atomic E-state index is -0.614. The van der Waals surface area contributed by atoms with E-state index in [9.17, 15) is 0 Å². The van der Waals surface area contributed by atoms with Crippen molar-refractivity contribution in [2.24, 2.45) is 0 Å². The van der Waals surface area contributed by atoms with Gasteiger partial charge in [-0.1, -0.05) is 182 Å². The Morgan fingerprint density at radius 1 is 0.323 bits per heavy atom. The van der Waals surface area contributed by atoms with Gasteiger partial charge >= 0.3 is 0 Å². The zero-order valence-corrected chi connectivity index (χ0v) is 33.7. The van der Waals surface area contributed by atoms with E-state index in [0.717, 1.165) is 72.8 Å². The molecule has 0 spiro atoms. The average Bonchev–Trinajstić information content (AvgIpc) is 3.88. The van der Waals surface area contributed by atoms with E-state index in [1.807, 2.05) is 24.3 Å². The highest BCUT2D eigenvalue weighted by molar-refractivity contribution is 5.93. The summed E-state index contributed by atoms with van der Waals surface area (Å²) >= 11 is 0. The standard InChI is InChI=1S/C58H38N4/c1-5-17-40(18-6-1)55-56(60-52-26-14-13-25-51(52)59-55)43-34-36-48-47-35-33-42(37-49(47)58(50(48)38-43,44-19-7-2-8-20-44)45-21-9-3-10-22-45)39-29-31-41(32-30-39)57-61-53-27-15-16-28-54(53)62(57)46-23-11-4-12-24-46/h1-38H. The van der Waals surface area contributed by atoms with Gasteiger partial charge < -0.3 is 0 Å². The summed E-state index contributed by atoms with van der Waals surface area (Å²) in [5, 5.41) is 0. The Labute approximate surface area is 360 Å². The molecule has 0 atom stereocenters.